The van der Waals surface area contributed by atoms with Gasteiger partial charge in [-0.3, -0.25) is 9.59 Å². The van der Waals surface area contributed by atoms with Crippen molar-refractivity contribution in [3.05, 3.63) is 29.3 Å². The smallest absolute Gasteiger partial charge is 0.244 e. The fourth-order valence-electron chi connectivity index (χ4n) is 2.12. The molecule has 2 amide bonds. The normalized spacial score (nSPS) is 15.0. The fourth-order valence-corrected chi connectivity index (χ4v) is 2.12. The predicted octanol–water partition coefficient (Wildman–Crippen LogP) is 1.86. The number of amides is 2. The minimum Gasteiger partial charge on any atom is -0.333 e. The molecule has 1 aliphatic rings. The number of rotatable bonds is 3. The number of nitrogens with one attached hydrogen (secondary N) is 1. The highest BCUT2D eigenvalue weighted by Crippen LogP contribution is 2.18. The lowest BCUT2D eigenvalue weighted by Crippen LogP contribution is -2.34. The van der Waals surface area contributed by atoms with Crippen LogP contribution in [0.2, 0.25) is 0 Å². The zero-order chi connectivity index (χ0) is 13.1. The molecule has 0 radical (unpaired) electrons. The van der Waals surface area contributed by atoms with Crippen molar-refractivity contribution in [2.24, 2.45) is 0 Å². The summed E-state index contributed by atoms with van der Waals surface area (Å²) < 4.78 is 0. The van der Waals surface area contributed by atoms with E-state index in [0.717, 1.165) is 23.2 Å². The summed E-state index contributed by atoms with van der Waals surface area (Å²) in [5.74, 6) is -0.0509. The van der Waals surface area contributed by atoms with Gasteiger partial charge in [0.2, 0.25) is 11.8 Å². The lowest BCUT2D eigenvalue weighted by molar-refractivity contribution is -0.131. The van der Waals surface area contributed by atoms with E-state index in [-0.39, 0.29) is 18.4 Å². The molecule has 1 fully saturated rings. The Kier molecular flexibility index (Phi) is 3.65. The number of carbonyl (C=O) groups excluding carboxylic acids is 2. The second-order valence-electron chi connectivity index (χ2n) is 4.71. The maximum Gasteiger partial charge on any atom is 0.244 e. The van der Waals surface area contributed by atoms with Crippen LogP contribution in [-0.2, 0) is 9.59 Å². The van der Waals surface area contributed by atoms with Crippen molar-refractivity contribution in [1.29, 1.82) is 0 Å². The van der Waals surface area contributed by atoms with Crippen LogP contribution in [0.3, 0.4) is 0 Å². The summed E-state index contributed by atoms with van der Waals surface area (Å²) in [6.45, 7) is 4.84. The van der Waals surface area contributed by atoms with E-state index in [4.69, 9.17) is 0 Å². The van der Waals surface area contributed by atoms with E-state index in [0.29, 0.717) is 13.0 Å². The molecule has 0 unspecified atom stereocenters. The molecular weight excluding hydrogens is 228 g/mol. The average Bonchev–Trinajstić information content (AvgIpc) is 2.71. The van der Waals surface area contributed by atoms with E-state index in [2.05, 4.69) is 5.32 Å². The quantitative estimate of drug-likeness (QED) is 0.885. The van der Waals surface area contributed by atoms with Gasteiger partial charge in [-0.05, 0) is 37.5 Å². The molecule has 0 atom stereocenters. The van der Waals surface area contributed by atoms with Crippen LogP contribution in [0.25, 0.3) is 0 Å². The Morgan fingerprint density at radius 1 is 1.39 bits per heavy atom. The van der Waals surface area contributed by atoms with Crippen LogP contribution in [0, 0.1) is 13.8 Å². The Hall–Kier alpha value is -1.84. The van der Waals surface area contributed by atoms with Crippen LogP contribution in [0.4, 0.5) is 5.69 Å². The SMILES string of the molecule is Cc1cccc(NC(=O)CN2CCCC2=O)c1C. The van der Waals surface area contributed by atoms with Crippen molar-refractivity contribution >= 4 is 17.5 Å². The summed E-state index contributed by atoms with van der Waals surface area (Å²) >= 11 is 0. The molecule has 2 rings (SSSR count). The minimum atomic E-state index is -0.126. The lowest BCUT2D eigenvalue weighted by atomic mass is 10.1. The maximum atomic E-state index is 11.9. The number of benzene rings is 1. The highest BCUT2D eigenvalue weighted by Gasteiger charge is 2.22. The Balaban J connectivity index is 1.99. The number of anilines is 1. The number of carbonyl (C=O) groups is 2. The predicted molar refractivity (Wildman–Crippen MR) is 70.4 cm³/mol. The molecule has 1 aromatic rings. The van der Waals surface area contributed by atoms with Gasteiger partial charge in [0.05, 0.1) is 6.54 Å². The highest BCUT2D eigenvalue weighted by atomic mass is 16.2. The van der Waals surface area contributed by atoms with Crippen molar-refractivity contribution in [2.75, 3.05) is 18.4 Å². The topological polar surface area (TPSA) is 49.4 Å². The summed E-state index contributed by atoms with van der Waals surface area (Å²) in [6, 6.07) is 5.81. The van der Waals surface area contributed by atoms with Gasteiger partial charge >= 0.3 is 0 Å². The van der Waals surface area contributed by atoms with Crippen LogP contribution in [-0.4, -0.2) is 29.8 Å². The van der Waals surface area contributed by atoms with Crippen molar-refractivity contribution in [2.45, 2.75) is 26.7 Å². The molecule has 0 aromatic heterocycles. The number of aryl methyl sites for hydroxylation is 1. The van der Waals surface area contributed by atoms with E-state index >= 15 is 0 Å². The first kappa shape index (κ1) is 12.6. The Morgan fingerprint density at radius 3 is 2.83 bits per heavy atom. The van der Waals surface area contributed by atoms with Gasteiger partial charge in [0, 0.05) is 18.7 Å². The second kappa shape index (κ2) is 5.21. The van der Waals surface area contributed by atoms with E-state index < -0.39 is 0 Å². The van der Waals surface area contributed by atoms with Crippen molar-refractivity contribution < 1.29 is 9.59 Å². The van der Waals surface area contributed by atoms with Crippen LogP contribution in [0.1, 0.15) is 24.0 Å². The molecule has 1 heterocycles. The van der Waals surface area contributed by atoms with E-state index in [1.54, 1.807) is 4.90 Å². The van der Waals surface area contributed by atoms with E-state index in [1.807, 2.05) is 32.0 Å². The largest absolute Gasteiger partial charge is 0.333 e. The summed E-state index contributed by atoms with van der Waals surface area (Å²) in [5, 5.41) is 2.87. The minimum absolute atomic E-state index is 0.0751. The van der Waals surface area contributed by atoms with Crippen LogP contribution < -0.4 is 5.32 Å². The standard InChI is InChI=1S/C14H18N2O2/c1-10-5-3-6-12(11(10)2)15-13(17)9-16-8-4-7-14(16)18/h3,5-6H,4,7-9H2,1-2H3,(H,15,17). The molecule has 0 aliphatic carbocycles. The van der Waals surface area contributed by atoms with Gasteiger partial charge < -0.3 is 10.2 Å². The monoisotopic (exact) mass is 246 g/mol. The molecule has 0 saturated carbocycles. The lowest BCUT2D eigenvalue weighted by Gasteiger charge is -2.16. The van der Waals surface area contributed by atoms with Gasteiger partial charge in [-0.1, -0.05) is 12.1 Å². The number of hydrogen-bond acceptors (Lipinski definition) is 2. The molecule has 1 saturated heterocycles. The number of nitrogens with zero attached hydrogens (tertiary/aromatic N) is 1. The molecule has 4 heteroatoms. The molecule has 0 bridgehead atoms. The van der Waals surface area contributed by atoms with Gasteiger partial charge in [-0.25, -0.2) is 0 Å². The maximum absolute atomic E-state index is 11.9. The van der Waals surface area contributed by atoms with Gasteiger partial charge in [0.1, 0.15) is 0 Å². The van der Waals surface area contributed by atoms with Crippen LogP contribution >= 0.6 is 0 Å². The summed E-state index contributed by atoms with van der Waals surface area (Å²) in [7, 11) is 0. The summed E-state index contributed by atoms with van der Waals surface area (Å²) in [4.78, 5) is 24.9. The van der Waals surface area contributed by atoms with Crippen molar-refractivity contribution in [3.63, 3.8) is 0 Å². The molecule has 0 spiro atoms. The zero-order valence-electron chi connectivity index (χ0n) is 10.8. The number of likely N-dealkylation sites (tertiary alicyclic amines) is 1. The Labute approximate surface area is 107 Å². The van der Waals surface area contributed by atoms with Gasteiger partial charge in [0.15, 0.2) is 0 Å². The van der Waals surface area contributed by atoms with Crippen molar-refractivity contribution in [1.82, 2.24) is 4.90 Å². The third-order valence-electron chi connectivity index (χ3n) is 3.38. The van der Waals surface area contributed by atoms with E-state index in [1.165, 1.54) is 0 Å². The van der Waals surface area contributed by atoms with Crippen molar-refractivity contribution in [3.8, 4) is 0 Å². The summed E-state index contributed by atoms with van der Waals surface area (Å²) in [6.07, 6.45) is 1.42. The molecule has 1 aliphatic heterocycles. The first-order chi connectivity index (χ1) is 8.58. The second-order valence-corrected chi connectivity index (χ2v) is 4.71. The van der Waals surface area contributed by atoms with Gasteiger partial charge in [-0.15, -0.1) is 0 Å². The summed E-state index contributed by atoms with van der Waals surface area (Å²) in [5.41, 5.74) is 3.04. The zero-order valence-corrected chi connectivity index (χ0v) is 10.8. The molecule has 96 valence electrons. The van der Waals surface area contributed by atoms with Gasteiger partial charge in [0.25, 0.3) is 0 Å². The molecule has 4 nitrogen and oxygen atoms in total. The highest BCUT2D eigenvalue weighted by molar-refractivity contribution is 5.95. The third-order valence-corrected chi connectivity index (χ3v) is 3.38. The van der Waals surface area contributed by atoms with Crippen LogP contribution in [0.5, 0.6) is 0 Å². The Bertz CT molecular complexity index is 483. The Morgan fingerprint density at radius 2 is 2.17 bits per heavy atom. The third kappa shape index (κ3) is 2.70. The molecule has 1 N–H and O–H groups in total. The van der Waals surface area contributed by atoms with Crippen LogP contribution in [0.15, 0.2) is 18.2 Å². The number of hydrogen-bond donors (Lipinski definition) is 1. The van der Waals surface area contributed by atoms with Gasteiger partial charge in [-0.2, -0.15) is 0 Å². The molecule has 18 heavy (non-hydrogen) atoms. The fraction of sp³-hybridized carbons (Fsp3) is 0.429. The average molecular weight is 246 g/mol. The molecule has 1 aromatic carbocycles. The van der Waals surface area contributed by atoms with E-state index in [9.17, 15) is 9.59 Å². The molecular formula is C14H18N2O2. The first-order valence-corrected chi connectivity index (χ1v) is 6.22. The first-order valence-electron chi connectivity index (χ1n) is 6.22.